The van der Waals surface area contributed by atoms with E-state index in [1.807, 2.05) is 44.2 Å². The van der Waals surface area contributed by atoms with Crippen LogP contribution in [0.15, 0.2) is 36.5 Å². The molecular weight excluding hydrogens is 331 g/mol. The summed E-state index contributed by atoms with van der Waals surface area (Å²) in [6.07, 6.45) is 1.34. The summed E-state index contributed by atoms with van der Waals surface area (Å²) in [5, 5.41) is 13.6. The molecule has 2 aromatic rings. The predicted octanol–water partition coefficient (Wildman–Crippen LogP) is 3.48. The molecule has 0 amide bonds. The Kier molecular flexibility index (Phi) is 7.78. The number of nitro groups is 1. The van der Waals surface area contributed by atoms with Crippen molar-refractivity contribution >= 4 is 13.5 Å². The third-order valence-corrected chi connectivity index (χ3v) is 4.45. The maximum Gasteiger partial charge on any atom is 0.434 e. The van der Waals surface area contributed by atoms with Crippen LogP contribution in [0.25, 0.3) is 0 Å². The summed E-state index contributed by atoms with van der Waals surface area (Å²) < 4.78 is 19.0. The molecule has 0 aliphatic rings. The highest BCUT2D eigenvalue weighted by molar-refractivity contribution is 7.55. The van der Waals surface area contributed by atoms with Crippen molar-refractivity contribution in [1.82, 2.24) is 14.6 Å². The molecule has 0 aliphatic carbocycles. The van der Waals surface area contributed by atoms with Crippen molar-refractivity contribution in [3.05, 3.63) is 57.9 Å². The number of imidazole rings is 1. The van der Waals surface area contributed by atoms with E-state index in [2.05, 4.69) is 10.1 Å². The third-order valence-electron chi connectivity index (χ3n) is 3.10. The minimum absolute atomic E-state index is 0.0209. The lowest BCUT2D eigenvalue weighted by molar-refractivity contribution is -0.396. The highest BCUT2D eigenvalue weighted by atomic mass is 31.2. The van der Waals surface area contributed by atoms with Crippen molar-refractivity contribution in [2.75, 3.05) is 6.66 Å². The molecule has 0 spiro atoms. The van der Waals surface area contributed by atoms with Crippen LogP contribution in [-0.4, -0.2) is 21.1 Å². The molecule has 1 unspecified atom stereocenters. The van der Waals surface area contributed by atoms with Crippen molar-refractivity contribution in [1.29, 1.82) is 0 Å². The normalized spacial score (nSPS) is 12.8. The first-order chi connectivity index (χ1) is 11.4. The predicted molar refractivity (Wildman–Crippen MR) is 92.8 cm³/mol. The third kappa shape index (κ3) is 5.88. The summed E-state index contributed by atoms with van der Waals surface area (Å²) in [5.41, 5.74) is 1.47. The van der Waals surface area contributed by atoms with E-state index in [4.69, 9.17) is 4.52 Å². The maximum atomic E-state index is 12.3. The van der Waals surface area contributed by atoms with Crippen LogP contribution in [0, 0.1) is 10.1 Å². The van der Waals surface area contributed by atoms with Crippen molar-refractivity contribution in [2.45, 2.75) is 27.0 Å². The minimum Gasteiger partial charge on any atom is -0.390 e. The first-order valence-corrected chi connectivity index (χ1v) is 9.62. The molecule has 1 atom stereocenters. The van der Waals surface area contributed by atoms with Gasteiger partial charge in [-0.05, 0) is 10.5 Å². The number of aromatic nitrogens is 2. The van der Waals surface area contributed by atoms with E-state index in [0.29, 0.717) is 12.2 Å². The van der Waals surface area contributed by atoms with Crippen LogP contribution in [0.2, 0.25) is 0 Å². The van der Waals surface area contributed by atoms with Crippen LogP contribution < -0.4 is 5.09 Å². The standard InChI is InChI=1S/C13H17N4O4P.C2H6/c1-16-12(9-14-13(16)17(18)19)10-21-22(2,20)15-8-11-6-4-3-5-7-11;1-2/h3-7,9H,8,10H2,1-2H3,(H,15,20);1-2H3. The maximum absolute atomic E-state index is 12.3. The zero-order valence-corrected chi connectivity index (χ0v) is 15.2. The van der Waals surface area contributed by atoms with Crippen molar-refractivity contribution in [2.24, 2.45) is 7.05 Å². The van der Waals surface area contributed by atoms with Gasteiger partial charge in [-0.1, -0.05) is 49.2 Å². The van der Waals surface area contributed by atoms with Gasteiger partial charge in [0.15, 0.2) is 0 Å². The van der Waals surface area contributed by atoms with E-state index in [-0.39, 0.29) is 12.6 Å². The van der Waals surface area contributed by atoms with Gasteiger partial charge in [0.25, 0.3) is 7.52 Å². The highest BCUT2D eigenvalue weighted by Gasteiger charge is 2.21. The Bertz CT molecular complexity index is 703. The van der Waals surface area contributed by atoms with Crippen LogP contribution >= 0.6 is 7.52 Å². The van der Waals surface area contributed by atoms with Gasteiger partial charge < -0.3 is 14.6 Å². The molecule has 0 fully saturated rings. The molecule has 24 heavy (non-hydrogen) atoms. The highest BCUT2D eigenvalue weighted by Crippen LogP contribution is 2.39. The Morgan fingerprint density at radius 2 is 1.96 bits per heavy atom. The van der Waals surface area contributed by atoms with Crippen molar-refractivity contribution in [3.8, 4) is 0 Å². The summed E-state index contributed by atoms with van der Waals surface area (Å²) >= 11 is 0. The summed E-state index contributed by atoms with van der Waals surface area (Å²) in [5.74, 6) is -0.276. The van der Waals surface area contributed by atoms with E-state index in [1.54, 1.807) is 0 Å². The van der Waals surface area contributed by atoms with Crippen LogP contribution in [0.4, 0.5) is 5.95 Å². The fourth-order valence-electron chi connectivity index (χ4n) is 1.80. The number of rotatable bonds is 7. The fraction of sp³-hybridized carbons (Fsp3) is 0.400. The molecule has 0 saturated carbocycles. The lowest BCUT2D eigenvalue weighted by Gasteiger charge is -2.14. The molecule has 132 valence electrons. The Balaban J connectivity index is 0.00000139. The molecule has 9 heteroatoms. The average molecular weight is 354 g/mol. The molecule has 0 radical (unpaired) electrons. The van der Waals surface area contributed by atoms with Gasteiger partial charge in [-0.15, -0.1) is 0 Å². The average Bonchev–Trinajstić information content (AvgIpc) is 2.95. The largest absolute Gasteiger partial charge is 0.434 e. The summed E-state index contributed by atoms with van der Waals surface area (Å²) in [4.78, 5) is 13.8. The monoisotopic (exact) mass is 354 g/mol. The summed E-state index contributed by atoms with van der Waals surface area (Å²) in [7, 11) is -1.50. The van der Waals surface area contributed by atoms with Gasteiger partial charge in [0, 0.05) is 13.2 Å². The topological polar surface area (TPSA) is 99.3 Å². The first kappa shape index (κ1) is 20.0. The van der Waals surface area contributed by atoms with Gasteiger partial charge >= 0.3 is 5.95 Å². The van der Waals surface area contributed by atoms with Crippen molar-refractivity contribution in [3.63, 3.8) is 0 Å². The lowest BCUT2D eigenvalue weighted by Crippen LogP contribution is -2.12. The minimum atomic E-state index is -3.02. The molecule has 1 heterocycles. The Morgan fingerprint density at radius 1 is 1.33 bits per heavy atom. The molecule has 1 aromatic heterocycles. The number of hydrogen-bond acceptors (Lipinski definition) is 5. The summed E-state index contributed by atoms with van der Waals surface area (Å²) in [6, 6.07) is 9.52. The second-order valence-electron chi connectivity index (χ2n) is 4.81. The van der Waals surface area contributed by atoms with E-state index in [9.17, 15) is 14.7 Å². The molecule has 0 bridgehead atoms. The van der Waals surface area contributed by atoms with E-state index >= 15 is 0 Å². The molecule has 0 saturated heterocycles. The molecule has 8 nitrogen and oxygen atoms in total. The second kappa shape index (κ2) is 9.32. The number of hydrogen-bond donors (Lipinski definition) is 1. The van der Waals surface area contributed by atoms with Gasteiger partial charge in [-0.2, -0.15) is 0 Å². The van der Waals surface area contributed by atoms with Gasteiger partial charge in [0.05, 0.1) is 7.05 Å². The number of nitrogens with one attached hydrogen (secondary N) is 1. The molecule has 1 N–H and O–H groups in total. The molecule has 2 rings (SSSR count). The van der Waals surface area contributed by atoms with Gasteiger partial charge in [0.2, 0.25) is 0 Å². The Morgan fingerprint density at radius 3 is 2.50 bits per heavy atom. The Labute approximate surface area is 141 Å². The van der Waals surface area contributed by atoms with Crippen LogP contribution in [-0.2, 0) is 29.3 Å². The number of benzene rings is 1. The fourth-order valence-corrected chi connectivity index (χ4v) is 2.74. The Hall–Kier alpha value is -2.02. The van der Waals surface area contributed by atoms with Gasteiger partial charge in [0.1, 0.15) is 18.5 Å². The first-order valence-electron chi connectivity index (χ1n) is 7.55. The van der Waals surface area contributed by atoms with Crippen molar-refractivity contribution < 1.29 is 14.0 Å². The molecule has 0 aliphatic heterocycles. The zero-order valence-electron chi connectivity index (χ0n) is 14.3. The van der Waals surface area contributed by atoms with E-state index in [1.165, 1.54) is 24.5 Å². The van der Waals surface area contributed by atoms with Crippen LogP contribution in [0.1, 0.15) is 25.1 Å². The second-order valence-corrected chi connectivity index (χ2v) is 7.07. The smallest absolute Gasteiger partial charge is 0.390 e. The van der Waals surface area contributed by atoms with Crippen LogP contribution in [0.3, 0.4) is 0 Å². The quantitative estimate of drug-likeness (QED) is 0.464. The van der Waals surface area contributed by atoms with E-state index in [0.717, 1.165) is 5.56 Å². The molecule has 1 aromatic carbocycles. The lowest BCUT2D eigenvalue weighted by atomic mass is 10.2. The van der Waals surface area contributed by atoms with Gasteiger partial charge in [-0.3, -0.25) is 4.57 Å². The van der Waals surface area contributed by atoms with Gasteiger partial charge in [-0.25, -0.2) is 9.65 Å². The SMILES string of the molecule is CC.Cn1c(COP(C)(=O)NCc2ccccc2)cnc1[N+](=O)[O-]. The summed E-state index contributed by atoms with van der Waals surface area (Å²) in [6.45, 7) is 5.87. The zero-order chi connectivity index (χ0) is 18.2. The number of nitrogens with zero attached hydrogens (tertiary/aromatic N) is 3. The van der Waals surface area contributed by atoms with Crippen LogP contribution in [0.5, 0.6) is 0 Å². The molecular formula is C15H23N4O4P. The van der Waals surface area contributed by atoms with E-state index < -0.39 is 12.4 Å².